The first-order valence-electron chi connectivity index (χ1n) is 7.06. The summed E-state index contributed by atoms with van der Waals surface area (Å²) in [5, 5.41) is 3.72. The third-order valence-electron chi connectivity index (χ3n) is 3.01. The number of rotatable bonds is 6. The topological polar surface area (TPSA) is 74.7 Å². The van der Waals surface area contributed by atoms with Gasteiger partial charge < -0.3 is 18.4 Å². The molecule has 0 saturated heterocycles. The van der Waals surface area contributed by atoms with Crippen molar-refractivity contribution in [3.05, 3.63) is 71.5 Å². The van der Waals surface area contributed by atoms with Gasteiger partial charge in [0.05, 0.1) is 5.69 Å². The lowest BCUT2D eigenvalue weighted by molar-refractivity contribution is 0.0397. The van der Waals surface area contributed by atoms with Gasteiger partial charge in [-0.15, -0.1) is 0 Å². The maximum absolute atomic E-state index is 11.9. The molecule has 0 aliphatic carbocycles. The number of furan rings is 1. The average Bonchev–Trinajstić information content (AvgIpc) is 3.21. The second-order valence-electron chi connectivity index (χ2n) is 4.88. The number of carbonyl (C=O) groups excluding carboxylic acids is 1. The van der Waals surface area contributed by atoms with Gasteiger partial charge in [-0.3, -0.25) is 0 Å². The highest BCUT2D eigenvalue weighted by atomic mass is 16.6. The Morgan fingerprint density at radius 3 is 2.65 bits per heavy atom. The molecule has 3 aromatic rings. The van der Waals surface area contributed by atoms with Crippen molar-refractivity contribution in [1.82, 2.24) is 5.16 Å². The monoisotopic (exact) mass is 313 g/mol. The molecule has 0 aliphatic rings. The van der Waals surface area contributed by atoms with Crippen LogP contribution in [0.3, 0.4) is 0 Å². The molecule has 23 heavy (non-hydrogen) atoms. The Kier molecular flexibility index (Phi) is 4.42. The molecule has 0 N–H and O–H groups in total. The van der Waals surface area contributed by atoms with Gasteiger partial charge in [-0.05, 0) is 31.2 Å². The standard InChI is InChI=1S/C17H15NO5/c1-12-9-15(23-18-12)11-21-17(19)16-8-7-14(22-16)10-20-13-5-3-2-4-6-13/h2-9H,10-11H2,1H3. The van der Waals surface area contributed by atoms with Gasteiger partial charge in [-0.1, -0.05) is 23.4 Å². The molecule has 0 spiro atoms. The fourth-order valence-corrected chi connectivity index (χ4v) is 1.93. The molecule has 6 nitrogen and oxygen atoms in total. The van der Waals surface area contributed by atoms with E-state index in [1.54, 1.807) is 25.1 Å². The molecule has 2 aromatic heterocycles. The number of carbonyl (C=O) groups is 1. The smallest absolute Gasteiger partial charge is 0.374 e. The summed E-state index contributed by atoms with van der Waals surface area (Å²) in [5.41, 5.74) is 0.731. The Labute approximate surface area is 132 Å². The number of aryl methyl sites for hydroxylation is 1. The van der Waals surface area contributed by atoms with Crippen molar-refractivity contribution < 1.29 is 23.2 Å². The molecule has 0 unspecified atom stereocenters. The Hall–Kier alpha value is -3.02. The van der Waals surface area contributed by atoms with Crippen LogP contribution in [0.5, 0.6) is 5.75 Å². The summed E-state index contributed by atoms with van der Waals surface area (Å²) in [6.07, 6.45) is 0. The molecule has 118 valence electrons. The molecule has 0 aliphatic heterocycles. The van der Waals surface area contributed by atoms with Crippen LogP contribution < -0.4 is 4.74 Å². The Balaban J connectivity index is 1.52. The number of hydrogen-bond donors (Lipinski definition) is 0. The second kappa shape index (κ2) is 6.83. The average molecular weight is 313 g/mol. The summed E-state index contributed by atoms with van der Waals surface area (Å²) in [5.74, 6) is 1.30. The highest BCUT2D eigenvalue weighted by Gasteiger charge is 2.14. The van der Waals surface area contributed by atoms with Crippen molar-refractivity contribution in [2.45, 2.75) is 20.1 Å². The first-order chi connectivity index (χ1) is 11.2. The van der Waals surface area contributed by atoms with Gasteiger partial charge in [0.2, 0.25) is 5.76 Å². The summed E-state index contributed by atoms with van der Waals surface area (Å²) in [7, 11) is 0. The first-order valence-corrected chi connectivity index (χ1v) is 7.06. The zero-order valence-corrected chi connectivity index (χ0v) is 12.5. The van der Waals surface area contributed by atoms with E-state index >= 15 is 0 Å². The third kappa shape index (κ3) is 4.00. The zero-order valence-electron chi connectivity index (χ0n) is 12.5. The maximum atomic E-state index is 11.9. The summed E-state index contributed by atoms with van der Waals surface area (Å²) in [4.78, 5) is 11.9. The van der Waals surface area contributed by atoms with Crippen LogP contribution in [0, 0.1) is 6.92 Å². The molecule has 0 saturated carbocycles. The SMILES string of the molecule is Cc1cc(COC(=O)c2ccc(COc3ccccc3)o2)on1. The van der Waals surface area contributed by atoms with E-state index in [0.717, 1.165) is 11.4 Å². The second-order valence-corrected chi connectivity index (χ2v) is 4.88. The van der Waals surface area contributed by atoms with Crippen molar-refractivity contribution in [2.75, 3.05) is 0 Å². The molecule has 0 radical (unpaired) electrons. The van der Waals surface area contributed by atoms with E-state index in [2.05, 4.69) is 5.16 Å². The van der Waals surface area contributed by atoms with Gasteiger partial charge in [0.15, 0.2) is 12.4 Å². The minimum absolute atomic E-state index is 0.0101. The first kappa shape index (κ1) is 14.9. The molecule has 1 aromatic carbocycles. The summed E-state index contributed by atoms with van der Waals surface area (Å²) >= 11 is 0. The van der Waals surface area contributed by atoms with Crippen LogP contribution in [-0.2, 0) is 18.0 Å². The van der Waals surface area contributed by atoms with Crippen LogP contribution in [0.2, 0.25) is 0 Å². The molecule has 0 atom stereocenters. The van der Waals surface area contributed by atoms with Crippen molar-refractivity contribution in [3.8, 4) is 5.75 Å². The predicted octanol–water partition coefficient (Wildman–Crippen LogP) is 3.51. The van der Waals surface area contributed by atoms with E-state index in [9.17, 15) is 4.79 Å². The van der Waals surface area contributed by atoms with Crippen LogP contribution in [0.4, 0.5) is 0 Å². The number of benzene rings is 1. The number of hydrogen-bond acceptors (Lipinski definition) is 6. The molecule has 0 bridgehead atoms. The van der Waals surface area contributed by atoms with Crippen molar-refractivity contribution in [2.24, 2.45) is 0 Å². The summed E-state index contributed by atoms with van der Waals surface area (Å²) in [6.45, 7) is 2.04. The molecule has 0 fully saturated rings. The van der Waals surface area contributed by atoms with Gasteiger partial charge >= 0.3 is 5.97 Å². The summed E-state index contributed by atoms with van der Waals surface area (Å²) < 4.78 is 21.0. The zero-order chi connectivity index (χ0) is 16.1. The highest BCUT2D eigenvalue weighted by Crippen LogP contribution is 2.15. The Morgan fingerprint density at radius 1 is 1.09 bits per heavy atom. The van der Waals surface area contributed by atoms with E-state index in [4.69, 9.17) is 18.4 Å². The highest BCUT2D eigenvalue weighted by molar-refractivity contribution is 5.86. The van der Waals surface area contributed by atoms with Gasteiger partial charge in [0.1, 0.15) is 18.1 Å². The molecular formula is C17H15NO5. The fourth-order valence-electron chi connectivity index (χ4n) is 1.93. The molecule has 3 rings (SSSR count). The van der Waals surface area contributed by atoms with Gasteiger partial charge in [-0.2, -0.15) is 0 Å². The number of nitrogens with zero attached hydrogens (tertiary/aromatic N) is 1. The van der Waals surface area contributed by atoms with Crippen molar-refractivity contribution in [1.29, 1.82) is 0 Å². The molecule has 2 heterocycles. The van der Waals surface area contributed by atoms with Gasteiger partial charge in [0.25, 0.3) is 0 Å². The number of para-hydroxylation sites is 1. The van der Waals surface area contributed by atoms with E-state index in [1.807, 2.05) is 30.3 Å². The number of ether oxygens (including phenoxy) is 2. The Bertz CT molecular complexity index is 775. The quantitative estimate of drug-likeness (QED) is 0.648. The van der Waals surface area contributed by atoms with E-state index < -0.39 is 5.97 Å². The van der Waals surface area contributed by atoms with Crippen LogP contribution in [-0.4, -0.2) is 11.1 Å². The third-order valence-corrected chi connectivity index (χ3v) is 3.01. The van der Waals surface area contributed by atoms with Crippen LogP contribution in [0.1, 0.15) is 27.8 Å². The van der Waals surface area contributed by atoms with Crippen LogP contribution in [0.25, 0.3) is 0 Å². The van der Waals surface area contributed by atoms with Crippen molar-refractivity contribution >= 4 is 5.97 Å². The molecule has 0 amide bonds. The fraction of sp³-hybridized carbons (Fsp3) is 0.176. The maximum Gasteiger partial charge on any atom is 0.374 e. The summed E-state index contributed by atoms with van der Waals surface area (Å²) in [6, 6.07) is 14.3. The van der Waals surface area contributed by atoms with Crippen molar-refractivity contribution in [3.63, 3.8) is 0 Å². The van der Waals surface area contributed by atoms with E-state index in [0.29, 0.717) is 11.5 Å². The largest absolute Gasteiger partial charge is 0.486 e. The normalized spacial score (nSPS) is 10.5. The lowest BCUT2D eigenvalue weighted by Crippen LogP contribution is -2.03. The van der Waals surface area contributed by atoms with Crippen LogP contribution >= 0.6 is 0 Å². The minimum Gasteiger partial charge on any atom is -0.486 e. The molecular weight excluding hydrogens is 298 g/mol. The molecule has 6 heteroatoms. The van der Waals surface area contributed by atoms with E-state index in [1.165, 1.54) is 0 Å². The minimum atomic E-state index is -0.565. The number of esters is 1. The lowest BCUT2D eigenvalue weighted by Gasteiger charge is -2.03. The van der Waals surface area contributed by atoms with E-state index in [-0.39, 0.29) is 19.0 Å². The Morgan fingerprint density at radius 2 is 1.91 bits per heavy atom. The number of aromatic nitrogens is 1. The van der Waals surface area contributed by atoms with Crippen LogP contribution in [0.15, 0.2) is 57.5 Å². The lowest BCUT2D eigenvalue weighted by atomic mass is 10.3. The predicted molar refractivity (Wildman–Crippen MR) is 79.8 cm³/mol. The van der Waals surface area contributed by atoms with Gasteiger partial charge in [-0.25, -0.2) is 4.79 Å². The van der Waals surface area contributed by atoms with Gasteiger partial charge in [0, 0.05) is 6.07 Å².